The minimum absolute atomic E-state index is 0.0176. The number of rotatable bonds is 7. The third-order valence-corrected chi connectivity index (χ3v) is 12.4. The monoisotopic (exact) mass is 721 g/mol. The van der Waals surface area contributed by atoms with Crippen molar-refractivity contribution < 1.29 is 19.1 Å². The van der Waals surface area contributed by atoms with E-state index in [1.54, 1.807) is 13.1 Å². The SMILES string of the molecule is CC1CCC(N(C(=O)[C@@H]2CCCO2)[C@H]2C[C@@H](C(=O)N3CCN(C)CC3)N(C(=O)[C@@H]3CN(c4ccc(=O)n(C)n4)C[C@H]3c3ccc(Cl)cc3)C2)CC1. The van der Waals surface area contributed by atoms with Crippen LogP contribution >= 0.6 is 11.6 Å². The molecule has 4 saturated heterocycles. The van der Waals surface area contributed by atoms with Crippen molar-refractivity contribution in [3.8, 4) is 0 Å². The summed E-state index contributed by atoms with van der Waals surface area (Å²) in [7, 11) is 3.68. The Kier molecular flexibility index (Phi) is 10.7. The highest BCUT2D eigenvalue weighted by atomic mass is 35.5. The van der Waals surface area contributed by atoms with Crippen LogP contribution in [0.1, 0.15) is 63.4 Å². The number of aromatic nitrogens is 2. The quantitative estimate of drug-likeness (QED) is 0.430. The van der Waals surface area contributed by atoms with Gasteiger partial charge in [0.15, 0.2) is 0 Å². The predicted molar refractivity (Wildman–Crippen MR) is 195 cm³/mol. The van der Waals surface area contributed by atoms with E-state index in [9.17, 15) is 14.4 Å². The van der Waals surface area contributed by atoms with Gasteiger partial charge in [0.05, 0.1) is 12.0 Å². The molecule has 1 aliphatic carbocycles. The number of aryl methyl sites for hydroxylation is 1. The molecule has 5 atom stereocenters. The fraction of sp³-hybridized carbons (Fsp3) is 0.658. The number of nitrogens with zero attached hydrogens (tertiary/aromatic N) is 7. The molecule has 2 aromatic rings. The van der Waals surface area contributed by atoms with Crippen molar-refractivity contribution in [2.75, 3.05) is 64.4 Å². The van der Waals surface area contributed by atoms with Gasteiger partial charge in [-0.3, -0.25) is 19.2 Å². The maximum Gasteiger partial charge on any atom is 0.266 e. The van der Waals surface area contributed by atoms with Crippen LogP contribution in [0.25, 0.3) is 0 Å². The van der Waals surface area contributed by atoms with E-state index >= 15 is 4.79 Å². The number of hydrogen-bond acceptors (Lipinski definition) is 8. The fourth-order valence-corrected chi connectivity index (χ4v) is 9.13. The molecule has 0 bridgehead atoms. The second-order valence-corrected chi connectivity index (χ2v) is 15.9. The lowest BCUT2D eigenvalue weighted by Gasteiger charge is -2.41. The Balaban J connectivity index is 1.22. The summed E-state index contributed by atoms with van der Waals surface area (Å²) < 4.78 is 7.26. The summed E-state index contributed by atoms with van der Waals surface area (Å²) in [4.78, 5) is 66.2. The van der Waals surface area contributed by atoms with Gasteiger partial charge in [-0.25, -0.2) is 4.68 Å². The Hall–Kier alpha value is -3.48. The van der Waals surface area contributed by atoms with Gasteiger partial charge in [-0.05, 0) is 81.7 Å². The summed E-state index contributed by atoms with van der Waals surface area (Å²) in [5.41, 5.74) is 0.775. The predicted octanol–water partition coefficient (Wildman–Crippen LogP) is 2.98. The number of ether oxygens (including phenoxy) is 1. The number of anilines is 1. The van der Waals surface area contributed by atoms with Crippen LogP contribution in [-0.4, -0.2) is 131 Å². The average molecular weight is 722 g/mol. The molecule has 0 N–H and O–H groups in total. The smallest absolute Gasteiger partial charge is 0.266 e. The zero-order valence-corrected chi connectivity index (χ0v) is 30.9. The van der Waals surface area contributed by atoms with Gasteiger partial charge in [0.2, 0.25) is 11.8 Å². The van der Waals surface area contributed by atoms with Crippen LogP contribution in [0.2, 0.25) is 5.02 Å². The standard InChI is InChI=1S/C38H52ClN7O5/c1-25-6-12-28(13-7-25)46(38(50)33-5-4-20-51-33)29-21-32(37(49)43-18-16-41(2)17-19-43)45(22-29)36(48)31-24-44(34-14-15-35(47)42(3)40-34)23-30(31)26-8-10-27(39)11-9-26/h8-11,14-15,25,28-33H,4-7,12-13,16-24H2,1-3H3/t25?,28?,29-,30-,31+,32-,33-/m0/s1. The van der Waals surface area contributed by atoms with Gasteiger partial charge in [-0.2, -0.15) is 5.10 Å². The topological polar surface area (TPSA) is 112 Å². The fourth-order valence-electron chi connectivity index (χ4n) is 9.01. The molecule has 1 aromatic carbocycles. The van der Waals surface area contributed by atoms with E-state index in [-0.39, 0.29) is 41.3 Å². The number of likely N-dealkylation sites (tertiary alicyclic amines) is 1. The van der Waals surface area contributed by atoms with Crippen molar-refractivity contribution in [2.45, 2.75) is 82.0 Å². The molecule has 5 aliphatic rings. The van der Waals surface area contributed by atoms with Gasteiger partial charge < -0.3 is 29.2 Å². The van der Waals surface area contributed by atoms with E-state index in [2.05, 4.69) is 33.8 Å². The van der Waals surface area contributed by atoms with Crippen molar-refractivity contribution in [1.82, 2.24) is 29.4 Å². The normalized spacial score (nSPS) is 30.2. The lowest BCUT2D eigenvalue weighted by molar-refractivity contribution is -0.148. The molecule has 276 valence electrons. The Morgan fingerprint density at radius 1 is 0.863 bits per heavy atom. The Morgan fingerprint density at radius 2 is 1.59 bits per heavy atom. The van der Waals surface area contributed by atoms with Crippen LogP contribution in [0.4, 0.5) is 5.82 Å². The molecular formula is C38H52ClN7O5. The Labute approximate surface area is 305 Å². The minimum Gasteiger partial charge on any atom is -0.368 e. The number of benzene rings is 1. The molecule has 4 aliphatic heterocycles. The summed E-state index contributed by atoms with van der Waals surface area (Å²) >= 11 is 6.29. The molecule has 13 heteroatoms. The summed E-state index contributed by atoms with van der Waals surface area (Å²) in [6, 6.07) is 9.96. The van der Waals surface area contributed by atoms with E-state index in [1.165, 1.54) is 10.7 Å². The largest absolute Gasteiger partial charge is 0.368 e. The lowest BCUT2D eigenvalue weighted by atomic mass is 9.85. The highest BCUT2D eigenvalue weighted by molar-refractivity contribution is 6.30. The first-order valence-electron chi connectivity index (χ1n) is 18.8. The van der Waals surface area contributed by atoms with E-state index in [1.807, 2.05) is 34.1 Å². The summed E-state index contributed by atoms with van der Waals surface area (Å²) in [5.74, 6) is 0.462. The molecule has 0 radical (unpaired) electrons. The number of carbonyl (C=O) groups is 3. The number of likely N-dealkylation sites (N-methyl/N-ethyl adjacent to an activating group) is 1. The van der Waals surface area contributed by atoms with Crippen LogP contribution in [-0.2, 0) is 26.2 Å². The maximum absolute atomic E-state index is 15.1. The first-order valence-corrected chi connectivity index (χ1v) is 19.2. The van der Waals surface area contributed by atoms with Gasteiger partial charge in [-0.15, -0.1) is 0 Å². The van der Waals surface area contributed by atoms with Gasteiger partial charge in [0.25, 0.3) is 11.5 Å². The molecule has 0 spiro atoms. The highest BCUT2D eigenvalue weighted by Gasteiger charge is 2.51. The number of carbonyl (C=O) groups excluding carboxylic acids is 3. The van der Waals surface area contributed by atoms with E-state index < -0.39 is 18.1 Å². The molecule has 5 fully saturated rings. The van der Waals surface area contributed by atoms with Crippen LogP contribution in [0, 0.1) is 11.8 Å². The first kappa shape index (κ1) is 35.9. The highest BCUT2D eigenvalue weighted by Crippen LogP contribution is 2.40. The molecule has 1 aromatic heterocycles. The zero-order valence-electron chi connectivity index (χ0n) is 30.2. The first-order chi connectivity index (χ1) is 24.6. The van der Waals surface area contributed by atoms with Crippen molar-refractivity contribution >= 4 is 35.1 Å². The lowest BCUT2D eigenvalue weighted by Crippen LogP contribution is -2.54. The molecule has 51 heavy (non-hydrogen) atoms. The van der Waals surface area contributed by atoms with Crippen molar-refractivity contribution in [3.63, 3.8) is 0 Å². The van der Waals surface area contributed by atoms with E-state index in [4.69, 9.17) is 16.3 Å². The summed E-state index contributed by atoms with van der Waals surface area (Å²) in [6.45, 7) is 6.85. The molecule has 7 rings (SSSR count). The van der Waals surface area contributed by atoms with Crippen molar-refractivity contribution in [2.24, 2.45) is 18.9 Å². The number of halogens is 1. The van der Waals surface area contributed by atoms with Crippen molar-refractivity contribution in [1.29, 1.82) is 0 Å². The van der Waals surface area contributed by atoms with Gasteiger partial charge in [0, 0.05) is 82.5 Å². The minimum atomic E-state index is -0.663. The van der Waals surface area contributed by atoms with E-state index in [0.717, 1.165) is 50.8 Å². The van der Waals surface area contributed by atoms with Gasteiger partial charge in [0.1, 0.15) is 18.0 Å². The van der Waals surface area contributed by atoms with Gasteiger partial charge >= 0.3 is 0 Å². The number of hydrogen-bond donors (Lipinski definition) is 0. The van der Waals surface area contributed by atoms with E-state index in [0.29, 0.717) is 68.9 Å². The summed E-state index contributed by atoms with van der Waals surface area (Å²) in [5, 5.41) is 5.13. The molecular weight excluding hydrogens is 670 g/mol. The van der Waals surface area contributed by atoms with Crippen molar-refractivity contribution in [3.05, 3.63) is 57.3 Å². The average Bonchev–Trinajstić information content (AvgIpc) is 3.92. The molecule has 5 heterocycles. The molecule has 1 saturated carbocycles. The van der Waals surface area contributed by atoms with Gasteiger partial charge in [-0.1, -0.05) is 30.7 Å². The third-order valence-electron chi connectivity index (χ3n) is 12.1. The second-order valence-electron chi connectivity index (χ2n) is 15.5. The Bertz CT molecular complexity index is 1630. The maximum atomic E-state index is 15.1. The Morgan fingerprint density at radius 3 is 2.25 bits per heavy atom. The van der Waals surface area contributed by atoms with Crippen LogP contribution in [0.3, 0.4) is 0 Å². The number of amides is 3. The zero-order chi connectivity index (χ0) is 35.8. The third kappa shape index (κ3) is 7.55. The second kappa shape index (κ2) is 15.2. The molecule has 0 unspecified atom stereocenters. The summed E-state index contributed by atoms with van der Waals surface area (Å²) in [6.07, 6.45) is 5.47. The van der Waals surface area contributed by atoms with Crippen LogP contribution in [0.15, 0.2) is 41.2 Å². The molecule has 3 amide bonds. The number of piperazine rings is 1. The molecule has 12 nitrogen and oxygen atoms in total. The van der Waals surface area contributed by atoms with Crippen LogP contribution < -0.4 is 10.5 Å². The van der Waals surface area contributed by atoms with Crippen LogP contribution in [0.5, 0.6) is 0 Å².